The van der Waals surface area contributed by atoms with Gasteiger partial charge in [-0.05, 0) is 5.92 Å². The van der Waals surface area contributed by atoms with E-state index in [1.165, 1.54) is 0 Å². The quantitative estimate of drug-likeness (QED) is 0.291. The van der Waals surface area contributed by atoms with E-state index in [1.54, 1.807) is 0 Å². The molecule has 1 unspecified atom stereocenters. The summed E-state index contributed by atoms with van der Waals surface area (Å²) in [5, 5.41) is 16.9. The van der Waals surface area contributed by atoms with E-state index in [2.05, 4.69) is 0 Å². The Bertz CT molecular complexity index is 228. The first-order valence-corrected chi connectivity index (χ1v) is 4.27. The molecule has 80 valence electrons. The molecule has 0 saturated heterocycles. The normalized spacial score (nSPS) is 11.6. The summed E-state index contributed by atoms with van der Waals surface area (Å²) in [5.41, 5.74) is -0.756. The molecule has 0 aromatic rings. The number of hydrogen-bond acceptors (Lipinski definition) is 3. The minimum Gasteiger partial charge on any atom is -0.500 e. The largest absolute Gasteiger partial charge is 0.500 e. The molecule has 1 atom stereocenters. The molecule has 0 bridgehead atoms. The van der Waals surface area contributed by atoms with Crippen LogP contribution in [0.1, 0.15) is 20.3 Å². The van der Waals surface area contributed by atoms with Crippen molar-refractivity contribution in [2.75, 3.05) is 6.61 Å². The Balaban J connectivity index is 4.18. The average molecular weight is 202 g/mol. The lowest BCUT2D eigenvalue weighted by atomic mass is 10.1. The zero-order valence-corrected chi connectivity index (χ0v) is 8.19. The van der Waals surface area contributed by atoms with E-state index in [4.69, 9.17) is 14.9 Å². The Hall–Kier alpha value is -1.52. The predicted octanol–water partition coefficient (Wildman–Crippen LogP) is 1.10. The lowest BCUT2D eigenvalue weighted by Crippen LogP contribution is -2.12. The van der Waals surface area contributed by atoms with E-state index >= 15 is 0 Å². The van der Waals surface area contributed by atoms with Crippen LogP contribution in [0.25, 0.3) is 0 Å². The van der Waals surface area contributed by atoms with Gasteiger partial charge in [-0.3, -0.25) is 0 Å². The average Bonchev–Trinajstić information content (AvgIpc) is 2.10. The molecule has 5 nitrogen and oxygen atoms in total. The van der Waals surface area contributed by atoms with Crippen LogP contribution in [0.5, 0.6) is 0 Å². The van der Waals surface area contributed by atoms with Crippen LogP contribution < -0.4 is 0 Å². The van der Waals surface area contributed by atoms with Crippen molar-refractivity contribution in [1.82, 2.24) is 0 Å². The summed E-state index contributed by atoms with van der Waals surface area (Å²) in [6, 6.07) is 0. The van der Waals surface area contributed by atoms with Crippen molar-refractivity contribution < 1.29 is 24.5 Å². The summed E-state index contributed by atoms with van der Waals surface area (Å²) in [6.45, 7) is 4.21. The number of aliphatic carboxylic acids is 2. The molecule has 5 heteroatoms. The summed E-state index contributed by atoms with van der Waals surface area (Å²) in [5.74, 6) is -2.72. The molecule has 0 aliphatic carbocycles. The van der Waals surface area contributed by atoms with Gasteiger partial charge in [0.05, 0.1) is 6.61 Å². The smallest absolute Gasteiger partial charge is 0.346 e. The van der Waals surface area contributed by atoms with Gasteiger partial charge >= 0.3 is 11.9 Å². The second kappa shape index (κ2) is 6.01. The minimum atomic E-state index is -1.50. The zero-order valence-electron chi connectivity index (χ0n) is 8.19. The number of hydrogen-bond donors (Lipinski definition) is 2. The molecule has 2 N–H and O–H groups in total. The maximum atomic E-state index is 10.4. The van der Waals surface area contributed by atoms with E-state index in [-0.39, 0.29) is 5.92 Å². The van der Waals surface area contributed by atoms with Gasteiger partial charge in [0.2, 0.25) is 0 Å². The van der Waals surface area contributed by atoms with Crippen LogP contribution in [0.4, 0.5) is 0 Å². The number of carboxylic acid groups (broad SMARTS) is 2. The third-order valence-electron chi connectivity index (χ3n) is 1.74. The number of ether oxygens (including phenoxy) is 1. The first-order valence-electron chi connectivity index (χ1n) is 4.27. The number of carboxylic acids is 2. The van der Waals surface area contributed by atoms with Crippen molar-refractivity contribution in [2.24, 2.45) is 5.92 Å². The summed E-state index contributed by atoms with van der Waals surface area (Å²) in [4.78, 5) is 20.7. The number of carbonyl (C=O) groups is 2. The first-order chi connectivity index (χ1) is 6.49. The van der Waals surface area contributed by atoms with Crippen molar-refractivity contribution in [2.45, 2.75) is 20.3 Å². The highest BCUT2D eigenvalue weighted by Crippen LogP contribution is 2.03. The van der Waals surface area contributed by atoms with Gasteiger partial charge < -0.3 is 14.9 Å². The minimum absolute atomic E-state index is 0.273. The van der Waals surface area contributed by atoms with Gasteiger partial charge in [0, 0.05) is 0 Å². The van der Waals surface area contributed by atoms with Crippen LogP contribution in [-0.2, 0) is 14.3 Å². The molecule has 0 saturated carbocycles. The molecule has 0 aliphatic heterocycles. The highest BCUT2D eigenvalue weighted by atomic mass is 16.5. The molecule has 0 aliphatic rings. The van der Waals surface area contributed by atoms with E-state index in [0.29, 0.717) is 6.61 Å². The molecule has 0 aromatic heterocycles. The topological polar surface area (TPSA) is 83.8 Å². The van der Waals surface area contributed by atoms with Gasteiger partial charge in [-0.2, -0.15) is 0 Å². The van der Waals surface area contributed by atoms with E-state index in [1.807, 2.05) is 13.8 Å². The molecule has 0 fully saturated rings. The van der Waals surface area contributed by atoms with Crippen LogP contribution >= 0.6 is 0 Å². The van der Waals surface area contributed by atoms with Crippen molar-refractivity contribution in [3.8, 4) is 0 Å². The van der Waals surface area contributed by atoms with Crippen molar-refractivity contribution >= 4 is 11.9 Å². The van der Waals surface area contributed by atoms with Crippen LogP contribution in [0.3, 0.4) is 0 Å². The Kier molecular flexibility index (Phi) is 5.36. The fraction of sp³-hybridized carbons (Fsp3) is 0.556. The number of rotatable bonds is 6. The molecule has 0 radical (unpaired) electrons. The molecular weight excluding hydrogens is 188 g/mol. The highest BCUT2D eigenvalue weighted by Gasteiger charge is 2.16. The van der Waals surface area contributed by atoms with Crippen LogP contribution in [0.2, 0.25) is 0 Å². The Morgan fingerprint density at radius 1 is 1.36 bits per heavy atom. The zero-order chi connectivity index (χ0) is 11.1. The van der Waals surface area contributed by atoms with Crippen molar-refractivity contribution in [3.05, 3.63) is 11.8 Å². The van der Waals surface area contributed by atoms with Crippen LogP contribution in [0.15, 0.2) is 11.8 Å². The van der Waals surface area contributed by atoms with E-state index in [9.17, 15) is 9.59 Å². The van der Waals surface area contributed by atoms with Crippen LogP contribution in [-0.4, -0.2) is 28.8 Å². The second-order valence-electron chi connectivity index (χ2n) is 2.99. The summed E-state index contributed by atoms with van der Waals surface area (Å²) >= 11 is 0. The lowest BCUT2D eigenvalue weighted by Gasteiger charge is -2.07. The van der Waals surface area contributed by atoms with Crippen LogP contribution in [0, 0.1) is 5.92 Å². The standard InChI is InChI=1S/C9H14O5/c1-3-6(2)4-14-5-7(8(10)11)9(12)13/h5-6H,3-4H2,1-2H3,(H,10,11)(H,12,13). The third-order valence-corrected chi connectivity index (χ3v) is 1.74. The van der Waals surface area contributed by atoms with Gasteiger partial charge in [0.25, 0.3) is 0 Å². The van der Waals surface area contributed by atoms with E-state index in [0.717, 1.165) is 12.7 Å². The maximum Gasteiger partial charge on any atom is 0.346 e. The summed E-state index contributed by atoms with van der Waals surface area (Å²) < 4.78 is 4.85. The summed E-state index contributed by atoms with van der Waals surface area (Å²) in [7, 11) is 0. The van der Waals surface area contributed by atoms with E-state index < -0.39 is 17.5 Å². The molecule has 0 aromatic carbocycles. The highest BCUT2D eigenvalue weighted by molar-refractivity contribution is 6.12. The SMILES string of the molecule is CCC(C)COC=C(C(=O)O)C(=O)O. The molecule has 0 heterocycles. The van der Waals surface area contributed by atoms with Gasteiger partial charge in [0.15, 0.2) is 5.57 Å². The fourth-order valence-electron chi connectivity index (χ4n) is 0.606. The predicted molar refractivity (Wildman–Crippen MR) is 48.8 cm³/mol. The summed E-state index contributed by atoms with van der Waals surface area (Å²) in [6.07, 6.45) is 1.67. The van der Waals surface area contributed by atoms with Gasteiger partial charge in [-0.25, -0.2) is 9.59 Å². The lowest BCUT2D eigenvalue weighted by molar-refractivity contribution is -0.140. The molecule has 0 amide bonds. The third kappa shape index (κ3) is 4.49. The molecule has 14 heavy (non-hydrogen) atoms. The Morgan fingerprint density at radius 2 is 1.86 bits per heavy atom. The monoisotopic (exact) mass is 202 g/mol. The maximum absolute atomic E-state index is 10.4. The van der Waals surface area contributed by atoms with Gasteiger partial charge in [-0.1, -0.05) is 20.3 Å². The Labute approximate surface area is 82.0 Å². The Morgan fingerprint density at radius 3 is 2.21 bits per heavy atom. The van der Waals surface area contributed by atoms with Crippen molar-refractivity contribution in [1.29, 1.82) is 0 Å². The van der Waals surface area contributed by atoms with Crippen molar-refractivity contribution in [3.63, 3.8) is 0 Å². The fourth-order valence-corrected chi connectivity index (χ4v) is 0.606. The first kappa shape index (κ1) is 12.5. The second-order valence-corrected chi connectivity index (χ2v) is 2.99. The van der Waals surface area contributed by atoms with Gasteiger partial charge in [0.1, 0.15) is 6.26 Å². The molecule has 0 rings (SSSR count). The molecular formula is C9H14O5. The molecule has 0 spiro atoms. The van der Waals surface area contributed by atoms with Gasteiger partial charge in [-0.15, -0.1) is 0 Å².